The summed E-state index contributed by atoms with van der Waals surface area (Å²) >= 11 is 5.80. The standard InChI is InChI=1S/C16H11ClN2O3/c1-18-14-5-3-2-4-11(14)12(16(18)20)8-10-6-7-13(17)15(9-10)19(21)22/h2-9H,1H3. The van der Waals surface area contributed by atoms with Crippen molar-refractivity contribution in [3.05, 3.63) is 68.7 Å². The van der Waals surface area contributed by atoms with Crippen LogP contribution in [0.1, 0.15) is 11.1 Å². The number of nitrogens with zero attached hydrogens (tertiary/aromatic N) is 2. The molecule has 0 atom stereocenters. The fourth-order valence-corrected chi connectivity index (χ4v) is 2.65. The van der Waals surface area contributed by atoms with Crippen LogP contribution in [0.15, 0.2) is 42.5 Å². The van der Waals surface area contributed by atoms with E-state index in [2.05, 4.69) is 0 Å². The first kappa shape index (κ1) is 14.3. The van der Waals surface area contributed by atoms with Crippen molar-refractivity contribution in [2.45, 2.75) is 0 Å². The Morgan fingerprint density at radius 3 is 2.68 bits per heavy atom. The van der Waals surface area contributed by atoms with Crippen LogP contribution < -0.4 is 4.90 Å². The molecule has 0 saturated heterocycles. The SMILES string of the molecule is CN1C(=O)C(=Cc2ccc(Cl)c([N+](=O)[O-])c2)c2ccccc21. The van der Waals surface area contributed by atoms with E-state index in [1.165, 1.54) is 12.1 Å². The molecule has 110 valence electrons. The Balaban J connectivity index is 2.12. The van der Waals surface area contributed by atoms with Gasteiger partial charge in [-0.15, -0.1) is 0 Å². The smallest absolute Gasteiger partial charge is 0.288 e. The van der Waals surface area contributed by atoms with Crippen molar-refractivity contribution in [1.29, 1.82) is 0 Å². The summed E-state index contributed by atoms with van der Waals surface area (Å²) in [6, 6.07) is 11.9. The highest BCUT2D eigenvalue weighted by atomic mass is 35.5. The first-order valence-corrected chi connectivity index (χ1v) is 6.90. The molecule has 0 aliphatic carbocycles. The summed E-state index contributed by atoms with van der Waals surface area (Å²) in [5, 5.41) is 11.0. The lowest BCUT2D eigenvalue weighted by atomic mass is 10.0. The summed E-state index contributed by atoms with van der Waals surface area (Å²) in [7, 11) is 1.70. The minimum absolute atomic E-state index is 0.0717. The van der Waals surface area contributed by atoms with E-state index >= 15 is 0 Å². The minimum atomic E-state index is -0.541. The van der Waals surface area contributed by atoms with E-state index in [0.717, 1.165) is 11.3 Å². The van der Waals surface area contributed by atoms with E-state index in [-0.39, 0.29) is 16.6 Å². The molecule has 1 heterocycles. The number of benzene rings is 2. The third-order valence-electron chi connectivity index (χ3n) is 3.57. The van der Waals surface area contributed by atoms with Gasteiger partial charge in [0.2, 0.25) is 0 Å². The molecule has 5 nitrogen and oxygen atoms in total. The van der Waals surface area contributed by atoms with Gasteiger partial charge in [-0.25, -0.2) is 0 Å². The van der Waals surface area contributed by atoms with Gasteiger partial charge < -0.3 is 4.90 Å². The van der Waals surface area contributed by atoms with Crippen molar-refractivity contribution in [2.75, 3.05) is 11.9 Å². The van der Waals surface area contributed by atoms with Crippen LogP contribution in [0.25, 0.3) is 11.6 Å². The molecular weight excluding hydrogens is 304 g/mol. The van der Waals surface area contributed by atoms with Crippen molar-refractivity contribution in [3.8, 4) is 0 Å². The Hall–Kier alpha value is -2.66. The van der Waals surface area contributed by atoms with Gasteiger partial charge >= 0.3 is 0 Å². The quantitative estimate of drug-likeness (QED) is 0.481. The van der Waals surface area contributed by atoms with Gasteiger partial charge in [0.05, 0.1) is 10.6 Å². The number of carbonyl (C=O) groups excluding carboxylic acids is 1. The monoisotopic (exact) mass is 314 g/mol. The van der Waals surface area contributed by atoms with Crippen molar-refractivity contribution < 1.29 is 9.72 Å². The first-order valence-electron chi connectivity index (χ1n) is 6.52. The molecular formula is C16H11ClN2O3. The Kier molecular flexibility index (Phi) is 3.42. The molecule has 2 aromatic carbocycles. The number of nitro groups is 1. The van der Waals surface area contributed by atoms with Crippen molar-refractivity contribution in [2.24, 2.45) is 0 Å². The number of likely N-dealkylation sites (N-methyl/N-ethyl adjacent to an activating group) is 1. The molecule has 3 rings (SSSR count). The van der Waals surface area contributed by atoms with Gasteiger partial charge in [-0.2, -0.15) is 0 Å². The van der Waals surface area contributed by atoms with Gasteiger partial charge in [0.1, 0.15) is 5.02 Å². The average Bonchev–Trinajstić information content (AvgIpc) is 2.74. The van der Waals surface area contributed by atoms with Gasteiger partial charge in [-0.1, -0.05) is 35.9 Å². The highest BCUT2D eigenvalue weighted by molar-refractivity contribution is 6.36. The Morgan fingerprint density at radius 2 is 1.95 bits per heavy atom. The van der Waals surface area contributed by atoms with E-state index < -0.39 is 4.92 Å². The second-order valence-electron chi connectivity index (χ2n) is 4.91. The molecule has 2 aromatic rings. The maximum atomic E-state index is 12.4. The largest absolute Gasteiger partial charge is 0.311 e. The lowest BCUT2D eigenvalue weighted by Crippen LogP contribution is -2.20. The van der Waals surface area contributed by atoms with Gasteiger partial charge in [0.25, 0.3) is 11.6 Å². The number of halogens is 1. The van der Waals surface area contributed by atoms with Crippen LogP contribution in [0.5, 0.6) is 0 Å². The fraction of sp³-hybridized carbons (Fsp3) is 0.0625. The summed E-state index contributed by atoms with van der Waals surface area (Å²) in [6.07, 6.45) is 1.65. The van der Waals surface area contributed by atoms with Crippen LogP contribution in [0.2, 0.25) is 5.02 Å². The number of para-hydroxylation sites is 1. The number of nitro benzene ring substituents is 1. The molecule has 6 heteroatoms. The molecule has 0 N–H and O–H groups in total. The zero-order chi connectivity index (χ0) is 15.9. The normalized spacial score (nSPS) is 15.3. The predicted octanol–water partition coefficient (Wildman–Crippen LogP) is 3.77. The van der Waals surface area contributed by atoms with Crippen molar-refractivity contribution in [1.82, 2.24) is 0 Å². The molecule has 0 radical (unpaired) electrons. The Bertz CT molecular complexity index is 830. The molecule has 1 amide bonds. The number of carbonyl (C=O) groups is 1. The fourth-order valence-electron chi connectivity index (χ4n) is 2.46. The third kappa shape index (κ3) is 2.25. The number of hydrogen-bond acceptors (Lipinski definition) is 3. The molecule has 0 unspecified atom stereocenters. The Labute approximate surface area is 131 Å². The maximum absolute atomic E-state index is 12.4. The molecule has 0 bridgehead atoms. The van der Waals surface area contributed by atoms with Gasteiger partial charge in [-0.05, 0) is 23.8 Å². The second kappa shape index (κ2) is 5.27. The van der Waals surface area contributed by atoms with E-state index in [9.17, 15) is 14.9 Å². The van der Waals surface area contributed by atoms with E-state index in [1.54, 1.807) is 24.1 Å². The zero-order valence-electron chi connectivity index (χ0n) is 11.6. The number of amides is 1. The van der Waals surface area contributed by atoms with Crippen LogP contribution >= 0.6 is 11.6 Å². The van der Waals surface area contributed by atoms with Gasteiger partial charge in [0.15, 0.2) is 0 Å². The van der Waals surface area contributed by atoms with Crippen molar-refractivity contribution >= 4 is 40.5 Å². The van der Waals surface area contributed by atoms with Gasteiger partial charge in [-0.3, -0.25) is 14.9 Å². The Morgan fingerprint density at radius 1 is 1.23 bits per heavy atom. The topological polar surface area (TPSA) is 63.5 Å². The second-order valence-corrected chi connectivity index (χ2v) is 5.31. The highest BCUT2D eigenvalue weighted by Gasteiger charge is 2.29. The number of anilines is 1. The molecule has 0 fully saturated rings. The number of hydrogen-bond donors (Lipinski definition) is 0. The van der Waals surface area contributed by atoms with Crippen LogP contribution in [0.3, 0.4) is 0 Å². The molecule has 0 aromatic heterocycles. The molecule has 22 heavy (non-hydrogen) atoms. The zero-order valence-corrected chi connectivity index (χ0v) is 12.4. The molecule has 0 saturated carbocycles. The summed E-state index contributed by atoms with van der Waals surface area (Å²) < 4.78 is 0. The molecule has 0 spiro atoms. The highest BCUT2D eigenvalue weighted by Crippen LogP contribution is 2.37. The number of rotatable bonds is 2. The van der Waals surface area contributed by atoms with Gasteiger partial charge in [0, 0.05) is 24.3 Å². The van der Waals surface area contributed by atoms with Crippen LogP contribution in [0.4, 0.5) is 11.4 Å². The molecule has 1 aliphatic rings. The van der Waals surface area contributed by atoms with E-state index in [4.69, 9.17) is 11.6 Å². The maximum Gasteiger partial charge on any atom is 0.288 e. The predicted molar refractivity (Wildman–Crippen MR) is 85.8 cm³/mol. The minimum Gasteiger partial charge on any atom is -0.311 e. The summed E-state index contributed by atoms with van der Waals surface area (Å²) in [4.78, 5) is 24.3. The van der Waals surface area contributed by atoms with Crippen LogP contribution in [-0.4, -0.2) is 17.9 Å². The third-order valence-corrected chi connectivity index (χ3v) is 3.89. The first-order chi connectivity index (χ1) is 10.5. The van der Waals surface area contributed by atoms with Crippen LogP contribution in [-0.2, 0) is 4.79 Å². The lowest BCUT2D eigenvalue weighted by molar-refractivity contribution is -0.384. The van der Waals surface area contributed by atoms with E-state index in [1.807, 2.05) is 24.3 Å². The average molecular weight is 315 g/mol. The van der Waals surface area contributed by atoms with Crippen molar-refractivity contribution in [3.63, 3.8) is 0 Å². The summed E-state index contributed by atoms with van der Waals surface area (Å²) in [5.41, 5.74) is 2.53. The number of fused-ring (bicyclic) bond motifs is 1. The van der Waals surface area contributed by atoms with Crippen LogP contribution in [0, 0.1) is 10.1 Å². The summed E-state index contributed by atoms with van der Waals surface area (Å²) in [5.74, 6) is -0.140. The lowest BCUT2D eigenvalue weighted by Gasteiger charge is -2.07. The summed E-state index contributed by atoms with van der Waals surface area (Å²) in [6.45, 7) is 0. The van der Waals surface area contributed by atoms with E-state index in [0.29, 0.717) is 11.1 Å². The molecule has 1 aliphatic heterocycles.